The molecule has 0 aliphatic carbocycles. The van der Waals surface area contributed by atoms with Gasteiger partial charge in [-0.3, -0.25) is 0 Å². The summed E-state index contributed by atoms with van der Waals surface area (Å²) in [5, 5.41) is 0.785. The van der Waals surface area contributed by atoms with E-state index >= 15 is 0 Å². The second kappa shape index (κ2) is 6.77. The first-order valence-corrected chi connectivity index (χ1v) is 8.47. The molecule has 0 unspecified atom stereocenters. The summed E-state index contributed by atoms with van der Waals surface area (Å²) in [7, 11) is 0. The highest BCUT2D eigenvalue weighted by Gasteiger charge is 2.10. The van der Waals surface area contributed by atoms with Crippen LogP contribution in [0.25, 0.3) is 0 Å². The minimum Gasteiger partial charge on any atom is -0.487 e. The fourth-order valence-corrected chi connectivity index (χ4v) is 3.37. The molecule has 0 atom stereocenters. The zero-order chi connectivity index (χ0) is 14.7. The second-order valence-corrected chi connectivity index (χ2v) is 6.44. The Balaban J connectivity index is 2.26. The van der Waals surface area contributed by atoms with E-state index in [0.717, 1.165) is 21.1 Å². The molecule has 0 saturated heterocycles. The van der Waals surface area contributed by atoms with Crippen molar-refractivity contribution < 1.29 is 4.74 Å². The Hall–Kier alpha value is -0.800. The number of ether oxygens (including phenoxy) is 1. The Kier molecular flexibility index (Phi) is 5.28. The van der Waals surface area contributed by atoms with Crippen molar-refractivity contribution in [2.75, 3.05) is 0 Å². The normalized spacial score (nSPS) is 10.7. The van der Waals surface area contributed by atoms with E-state index in [4.69, 9.17) is 4.74 Å². The molecule has 2 rings (SSSR count). The lowest BCUT2D eigenvalue weighted by Gasteiger charge is -2.15. The van der Waals surface area contributed by atoms with Gasteiger partial charge in [-0.05, 0) is 59.5 Å². The van der Waals surface area contributed by atoms with Gasteiger partial charge in [-0.15, -0.1) is 0 Å². The highest BCUT2D eigenvalue weighted by Crippen LogP contribution is 2.31. The average molecular weight is 398 g/mol. The smallest absolute Gasteiger partial charge is 0.138 e. The molecular weight excluding hydrogens is 380 g/mol. The molecule has 1 nitrogen and oxygen atoms in total. The van der Waals surface area contributed by atoms with E-state index in [1.807, 2.05) is 12.1 Å². The largest absolute Gasteiger partial charge is 0.487 e. The summed E-state index contributed by atoms with van der Waals surface area (Å²) in [4.78, 5) is 0. The van der Waals surface area contributed by atoms with Crippen LogP contribution in [0.1, 0.15) is 27.8 Å². The topological polar surface area (TPSA) is 9.23 Å². The Labute approximate surface area is 137 Å². The zero-order valence-electron chi connectivity index (χ0n) is 12.0. The molecule has 0 aliphatic heterocycles. The summed E-state index contributed by atoms with van der Waals surface area (Å²) in [6.45, 7) is 7.01. The highest BCUT2D eigenvalue weighted by atomic mass is 79.9. The van der Waals surface area contributed by atoms with Gasteiger partial charge in [0.05, 0.1) is 4.47 Å². The minimum absolute atomic E-state index is 0.598. The van der Waals surface area contributed by atoms with Crippen molar-refractivity contribution in [3.8, 4) is 5.75 Å². The fraction of sp³-hybridized carbons (Fsp3) is 0.294. The second-order valence-electron chi connectivity index (χ2n) is 5.03. The minimum atomic E-state index is 0.598. The van der Waals surface area contributed by atoms with E-state index in [1.165, 1.54) is 22.3 Å². The van der Waals surface area contributed by atoms with Gasteiger partial charge in [0.15, 0.2) is 0 Å². The van der Waals surface area contributed by atoms with Gasteiger partial charge in [0.25, 0.3) is 0 Å². The van der Waals surface area contributed by atoms with Gasteiger partial charge in [-0.2, -0.15) is 0 Å². The number of halogens is 2. The van der Waals surface area contributed by atoms with E-state index in [9.17, 15) is 0 Å². The Bertz CT molecular complexity index is 597. The third kappa shape index (κ3) is 3.44. The van der Waals surface area contributed by atoms with Gasteiger partial charge in [-0.25, -0.2) is 0 Å². The maximum atomic E-state index is 6.07. The van der Waals surface area contributed by atoms with Crippen molar-refractivity contribution in [2.24, 2.45) is 0 Å². The number of aryl methyl sites for hydroxylation is 3. The number of benzene rings is 2. The molecule has 0 aliphatic rings. The molecule has 20 heavy (non-hydrogen) atoms. The Morgan fingerprint density at radius 2 is 1.70 bits per heavy atom. The fourth-order valence-electron chi connectivity index (χ4n) is 2.40. The predicted octanol–water partition coefficient (Wildman–Crippen LogP) is 5.85. The molecule has 0 amide bonds. The SMILES string of the molecule is Cc1cc(C)c(COc2c(Br)cccc2CBr)c(C)c1. The standard InChI is InChI=1S/C17H18Br2O/c1-11-7-12(2)15(13(3)8-11)10-20-17-14(9-18)5-4-6-16(17)19/h4-8H,9-10H2,1-3H3. The lowest BCUT2D eigenvalue weighted by Crippen LogP contribution is -2.03. The maximum Gasteiger partial charge on any atom is 0.138 e. The molecule has 0 spiro atoms. The highest BCUT2D eigenvalue weighted by molar-refractivity contribution is 9.10. The summed E-state index contributed by atoms with van der Waals surface area (Å²) >= 11 is 7.07. The molecule has 0 saturated carbocycles. The molecule has 2 aromatic carbocycles. The zero-order valence-corrected chi connectivity index (χ0v) is 15.1. The van der Waals surface area contributed by atoms with Crippen LogP contribution in [0, 0.1) is 20.8 Å². The van der Waals surface area contributed by atoms with Crippen LogP contribution in [0.2, 0.25) is 0 Å². The van der Waals surface area contributed by atoms with E-state index in [2.05, 4.69) is 70.8 Å². The summed E-state index contributed by atoms with van der Waals surface area (Å²) in [6.07, 6.45) is 0. The Morgan fingerprint density at radius 3 is 2.30 bits per heavy atom. The van der Waals surface area contributed by atoms with Crippen LogP contribution in [0.15, 0.2) is 34.8 Å². The maximum absolute atomic E-state index is 6.07. The molecule has 0 aromatic heterocycles. The van der Waals surface area contributed by atoms with E-state index in [-0.39, 0.29) is 0 Å². The predicted molar refractivity (Wildman–Crippen MR) is 91.8 cm³/mol. The summed E-state index contributed by atoms with van der Waals surface area (Å²) in [5.41, 5.74) is 6.30. The number of rotatable bonds is 4. The van der Waals surface area contributed by atoms with E-state index < -0.39 is 0 Å². The third-order valence-electron chi connectivity index (χ3n) is 3.39. The lowest BCUT2D eigenvalue weighted by molar-refractivity contribution is 0.300. The third-order valence-corrected chi connectivity index (χ3v) is 4.62. The van der Waals surface area contributed by atoms with Gasteiger partial charge >= 0.3 is 0 Å². The van der Waals surface area contributed by atoms with Gasteiger partial charge < -0.3 is 4.74 Å². The molecule has 0 radical (unpaired) electrons. The molecule has 3 heteroatoms. The van der Waals surface area contributed by atoms with Gasteiger partial charge in [0.1, 0.15) is 12.4 Å². The van der Waals surface area contributed by atoms with Crippen molar-refractivity contribution in [1.29, 1.82) is 0 Å². The van der Waals surface area contributed by atoms with Crippen LogP contribution in [0.4, 0.5) is 0 Å². The van der Waals surface area contributed by atoms with Crippen LogP contribution in [0.3, 0.4) is 0 Å². The van der Waals surface area contributed by atoms with Gasteiger partial charge in [0.2, 0.25) is 0 Å². The van der Waals surface area contributed by atoms with Crippen molar-refractivity contribution >= 4 is 31.9 Å². The number of hydrogen-bond acceptors (Lipinski definition) is 1. The summed E-state index contributed by atoms with van der Waals surface area (Å²) in [6, 6.07) is 10.5. The molecule has 0 fully saturated rings. The molecular formula is C17H18Br2O. The molecule has 2 aromatic rings. The monoisotopic (exact) mass is 396 g/mol. The molecule has 0 bridgehead atoms. The van der Waals surface area contributed by atoms with Crippen molar-refractivity contribution in [3.63, 3.8) is 0 Å². The van der Waals surface area contributed by atoms with Crippen LogP contribution in [-0.2, 0) is 11.9 Å². The average Bonchev–Trinajstić information content (AvgIpc) is 2.38. The Morgan fingerprint density at radius 1 is 1.05 bits per heavy atom. The van der Waals surface area contributed by atoms with Crippen LogP contribution in [-0.4, -0.2) is 0 Å². The van der Waals surface area contributed by atoms with Crippen LogP contribution < -0.4 is 4.74 Å². The van der Waals surface area contributed by atoms with E-state index in [0.29, 0.717) is 6.61 Å². The van der Waals surface area contributed by atoms with Crippen LogP contribution >= 0.6 is 31.9 Å². The first-order chi connectivity index (χ1) is 9.52. The van der Waals surface area contributed by atoms with Crippen LogP contribution in [0.5, 0.6) is 5.75 Å². The van der Waals surface area contributed by atoms with Crippen molar-refractivity contribution in [2.45, 2.75) is 32.7 Å². The quantitative estimate of drug-likeness (QED) is 0.588. The first-order valence-electron chi connectivity index (χ1n) is 6.55. The van der Waals surface area contributed by atoms with Gasteiger partial charge in [0, 0.05) is 10.9 Å². The number of para-hydroxylation sites is 1. The van der Waals surface area contributed by atoms with E-state index in [1.54, 1.807) is 0 Å². The molecule has 106 valence electrons. The summed E-state index contributed by atoms with van der Waals surface area (Å²) < 4.78 is 7.07. The first kappa shape index (κ1) is 15.6. The summed E-state index contributed by atoms with van der Waals surface area (Å²) in [5.74, 6) is 0.920. The van der Waals surface area contributed by atoms with Gasteiger partial charge in [-0.1, -0.05) is 45.8 Å². The molecule has 0 heterocycles. The van der Waals surface area contributed by atoms with Crippen molar-refractivity contribution in [3.05, 3.63) is 62.6 Å². The van der Waals surface area contributed by atoms with Crippen molar-refractivity contribution in [1.82, 2.24) is 0 Å². The molecule has 0 N–H and O–H groups in total. The number of hydrogen-bond donors (Lipinski definition) is 0. The number of alkyl halides is 1. The lowest BCUT2D eigenvalue weighted by atomic mass is 10.0.